The molecular formula is C11H11IN4O2. The number of aliphatic carboxylic acids is 1. The minimum absolute atomic E-state index is 0.254. The summed E-state index contributed by atoms with van der Waals surface area (Å²) in [6.07, 6.45) is 0. The molecule has 1 heterocycles. The van der Waals surface area contributed by atoms with E-state index in [-0.39, 0.29) is 6.54 Å². The Labute approximate surface area is 117 Å². The minimum atomic E-state index is -0.862. The molecule has 1 N–H and O–H groups in total. The number of aromatic nitrogens is 4. The van der Waals surface area contributed by atoms with Gasteiger partial charge in [-0.2, -0.15) is 0 Å². The first-order chi connectivity index (χ1) is 8.58. The van der Waals surface area contributed by atoms with E-state index in [2.05, 4.69) is 38.1 Å². The second-order valence-electron chi connectivity index (χ2n) is 3.93. The van der Waals surface area contributed by atoms with Crippen molar-refractivity contribution < 1.29 is 9.90 Å². The summed E-state index contributed by atoms with van der Waals surface area (Å²) in [6.45, 7) is 1.88. The molecule has 1 atom stereocenters. The maximum atomic E-state index is 10.8. The number of rotatable bonds is 4. The van der Waals surface area contributed by atoms with Crippen LogP contribution < -0.4 is 0 Å². The third-order valence-electron chi connectivity index (χ3n) is 2.50. The molecule has 6 nitrogen and oxygen atoms in total. The molecule has 2 aromatic rings. The molecule has 0 bridgehead atoms. The Morgan fingerprint density at radius 1 is 1.44 bits per heavy atom. The van der Waals surface area contributed by atoms with E-state index in [1.165, 1.54) is 4.68 Å². The number of halogens is 1. The van der Waals surface area contributed by atoms with E-state index in [4.69, 9.17) is 5.11 Å². The second-order valence-corrected chi connectivity index (χ2v) is 5.18. The number of hydrogen-bond acceptors (Lipinski definition) is 4. The quantitative estimate of drug-likeness (QED) is 0.841. The molecule has 0 saturated heterocycles. The van der Waals surface area contributed by atoms with E-state index >= 15 is 0 Å². The molecule has 0 fully saturated rings. The fraction of sp³-hybridized carbons (Fsp3) is 0.273. The van der Waals surface area contributed by atoms with Crippen molar-refractivity contribution in [1.29, 1.82) is 0 Å². The topological polar surface area (TPSA) is 80.9 Å². The summed E-state index contributed by atoms with van der Waals surface area (Å²) in [7, 11) is 0. The van der Waals surface area contributed by atoms with Crippen molar-refractivity contribution in [2.45, 2.75) is 13.5 Å². The predicted octanol–water partition coefficient (Wildman–Crippen LogP) is 1.67. The highest BCUT2D eigenvalue weighted by Gasteiger charge is 2.16. The molecule has 7 heteroatoms. The lowest BCUT2D eigenvalue weighted by molar-refractivity contribution is -0.141. The van der Waals surface area contributed by atoms with Gasteiger partial charge in [0.05, 0.1) is 12.5 Å². The largest absolute Gasteiger partial charge is 0.481 e. The summed E-state index contributed by atoms with van der Waals surface area (Å²) < 4.78 is 2.63. The normalized spacial score (nSPS) is 12.3. The van der Waals surface area contributed by atoms with Crippen LogP contribution in [0.1, 0.15) is 6.92 Å². The predicted molar refractivity (Wildman–Crippen MR) is 72.8 cm³/mol. The molecule has 0 amide bonds. The number of carboxylic acids is 1. The Morgan fingerprint density at radius 2 is 2.11 bits per heavy atom. The maximum Gasteiger partial charge on any atom is 0.308 e. The molecule has 0 aliphatic heterocycles. The molecule has 18 heavy (non-hydrogen) atoms. The molecular weight excluding hydrogens is 347 g/mol. The zero-order valence-corrected chi connectivity index (χ0v) is 11.8. The van der Waals surface area contributed by atoms with Crippen molar-refractivity contribution in [3.8, 4) is 11.4 Å². The van der Waals surface area contributed by atoms with Crippen molar-refractivity contribution in [2.24, 2.45) is 5.92 Å². The molecule has 0 spiro atoms. The highest BCUT2D eigenvalue weighted by molar-refractivity contribution is 14.1. The molecule has 0 saturated carbocycles. The Morgan fingerprint density at radius 3 is 2.72 bits per heavy atom. The van der Waals surface area contributed by atoms with Crippen LogP contribution in [0.15, 0.2) is 24.3 Å². The average molecular weight is 358 g/mol. The van der Waals surface area contributed by atoms with Crippen molar-refractivity contribution in [3.63, 3.8) is 0 Å². The third kappa shape index (κ3) is 2.84. The van der Waals surface area contributed by atoms with Crippen molar-refractivity contribution in [3.05, 3.63) is 27.8 Å². The zero-order chi connectivity index (χ0) is 13.1. The lowest BCUT2D eigenvalue weighted by Crippen LogP contribution is -2.18. The summed E-state index contributed by atoms with van der Waals surface area (Å²) in [5.74, 6) is -0.811. The molecule has 94 valence electrons. The Kier molecular flexibility index (Phi) is 3.90. The van der Waals surface area contributed by atoms with Gasteiger partial charge in [-0.1, -0.05) is 19.1 Å². The average Bonchev–Trinajstić information content (AvgIpc) is 2.78. The monoisotopic (exact) mass is 358 g/mol. The van der Waals surface area contributed by atoms with E-state index < -0.39 is 11.9 Å². The number of nitrogens with zero attached hydrogens (tertiary/aromatic N) is 4. The number of carbonyl (C=O) groups is 1. The van der Waals surface area contributed by atoms with Crippen molar-refractivity contribution >= 4 is 28.6 Å². The van der Waals surface area contributed by atoms with E-state index in [1.807, 2.05) is 24.3 Å². The lowest BCUT2D eigenvalue weighted by atomic mass is 10.1. The molecule has 1 aromatic carbocycles. The van der Waals surface area contributed by atoms with Gasteiger partial charge in [-0.3, -0.25) is 4.79 Å². The standard InChI is InChI=1S/C11H11IN4O2/c1-7(11(17)18)6-16-10(13-14-15-16)8-2-4-9(12)5-3-8/h2-5,7H,6H2,1H3,(H,17,18). The van der Waals surface area contributed by atoms with Gasteiger partial charge in [-0.15, -0.1) is 5.10 Å². The van der Waals surface area contributed by atoms with Crippen LogP contribution in [0, 0.1) is 9.49 Å². The fourth-order valence-corrected chi connectivity index (χ4v) is 1.83. The van der Waals surface area contributed by atoms with Gasteiger partial charge < -0.3 is 5.11 Å². The smallest absolute Gasteiger partial charge is 0.308 e. The summed E-state index contributed by atoms with van der Waals surface area (Å²) in [4.78, 5) is 10.8. The van der Waals surface area contributed by atoms with Crippen LogP contribution in [0.3, 0.4) is 0 Å². The molecule has 1 aromatic heterocycles. The van der Waals surface area contributed by atoms with Crippen molar-refractivity contribution in [1.82, 2.24) is 20.2 Å². The summed E-state index contributed by atoms with van der Waals surface area (Å²) in [5, 5.41) is 20.3. The van der Waals surface area contributed by atoms with Crippen LogP contribution in [-0.2, 0) is 11.3 Å². The number of carboxylic acid groups (broad SMARTS) is 1. The van der Waals surface area contributed by atoms with Gasteiger partial charge in [-0.05, 0) is 45.2 Å². The summed E-state index contributed by atoms with van der Waals surface area (Å²) in [6, 6.07) is 7.73. The van der Waals surface area contributed by atoms with Gasteiger partial charge in [0, 0.05) is 9.13 Å². The van der Waals surface area contributed by atoms with Crippen LogP contribution in [0.4, 0.5) is 0 Å². The number of hydrogen-bond donors (Lipinski definition) is 1. The van der Waals surface area contributed by atoms with Crippen LogP contribution in [0.5, 0.6) is 0 Å². The van der Waals surface area contributed by atoms with Gasteiger partial charge in [0.15, 0.2) is 5.82 Å². The number of benzene rings is 1. The highest BCUT2D eigenvalue weighted by Crippen LogP contribution is 2.18. The third-order valence-corrected chi connectivity index (χ3v) is 3.22. The van der Waals surface area contributed by atoms with E-state index in [1.54, 1.807) is 6.92 Å². The molecule has 2 rings (SSSR count). The van der Waals surface area contributed by atoms with Gasteiger partial charge in [0.1, 0.15) is 0 Å². The van der Waals surface area contributed by atoms with E-state index in [9.17, 15) is 4.79 Å². The first kappa shape index (κ1) is 12.9. The molecule has 0 aliphatic carbocycles. The van der Waals surface area contributed by atoms with Crippen LogP contribution in [0.25, 0.3) is 11.4 Å². The van der Waals surface area contributed by atoms with Gasteiger partial charge in [0.2, 0.25) is 0 Å². The highest BCUT2D eigenvalue weighted by atomic mass is 127. The van der Waals surface area contributed by atoms with Crippen molar-refractivity contribution in [2.75, 3.05) is 0 Å². The summed E-state index contributed by atoms with van der Waals surface area (Å²) >= 11 is 2.22. The van der Waals surface area contributed by atoms with Crippen LogP contribution in [0.2, 0.25) is 0 Å². The van der Waals surface area contributed by atoms with Gasteiger partial charge in [0.25, 0.3) is 0 Å². The van der Waals surface area contributed by atoms with E-state index in [0.29, 0.717) is 5.82 Å². The first-order valence-corrected chi connectivity index (χ1v) is 6.40. The SMILES string of the molecule is CC(Cn1nnnc1-c1ccc(I)cc1)C(=O)O. The van der Waals surface area contributed by atoms with E-state index in [0.717, 1.165) is 9.13 Å². The van der Waals surface area contributed by atoms with Gasteiger partial charge in [-0.25, -0.2) is 4.68 Å². The lowest BCUT2D eigenvalue weighted by Gasteiger charge is -2.07. The minimum Gasteiger partial charge on any atom is -0.481 e. The summed E-state index contributed by atoms with van der Waals surface area (Å²) in [5.41, 5.74) is 0.873. The Hall–Kier alpha value is -1.51. The zero-order valence-electron chi connectivity index (χ0n) is 9.62. The van der Waals surface area contributed by atoms with Crippen LogP contribution >= 0.6 is 22.6 Å². The fourth-order valence-electron chi connectivity index (χ4n) is 1.47. The molecule has 0 radical (unpaired) electrons. The number of tetrazole rings is 1. The second kappa shape index (κ2) is 5.42. The first-order valence-electron chi connectivity index (χ1n) is 5.33. The van der Waals surface area contributed by atoms with Gasteiger partial charge >= 0.3 is 5.97 Å². The Bertz CT molecular complexity index is 552. The Balaban J connectivity index is 2.27. The maximum absolute atomic E-state index is 10.8. The molecule has 1 unspecified atom stereocenters. The molecule has 0 aliphatic rings. The van der Waals surface area contributed by atoms with Crippen LogP contribution in [-0.4, -0.2) is 31.3 Å².